The highest BCUT2D eigenvalue weighted by Gasteiger charge is 2.45. The molecule has 1 fully saturated rings. The molecule has 3 heteroatoms. The Balaban J connectivity index is 2.42. The van der Waals surface area contributed by atoms with Crippen molar-refractivity contribution in [2.24, 2.45) is 5.92 Å². The molecule has 2 atom stereocenters. The van der Waals surface area contributed by atoms with Gasteiger partial charge in [0.05, 0.1) is 0 Å². The minimum atomic E-state index is -0.530. The molecule has 1 aliphatic heterocycles. The van der Waals surface area contributed by atoms with Gasteiger partial charge in [-0.05, 0) is 38.7 Å². The van der Waals surface area contributed by atoms with Crippen LogP contribution < -0.4 is 0 Å². The first kappa shape index (κ1) is 16.0. The van der Waals surface area contributed by atoms with E-state index in [1.165, 1.54) is 6.92 Å². The largest absolute Gasteiger partial charge is 0.453 e. The summed E-state index contributed by atoms with van der Waals surface area (Å²) in [7, 11) is 0. The number of esters is 1. The van der Waals surface area contributed by atoms with Gasteiger partial charge in [-0.2, -0.15) is 0 Å². The molecule has 1 heterocycles. The number of hydrogen-bond acceptors (Lipinski definition) is 3. The molecule has 0 spiro atoms. The molecule has 0 bridgehead atoms. The Labute approximate surface area is 128 Å². The smallest absolute Gasteiger partial charge is 0.303 e. The van der Waals surface area contributed by atoms with Crippen molar-refractivity contribution in [1.82, 2.24) is 4.90 Å². The first-order valence-electron chi connectivity index (χ1n) is 7.73. The third-order valence-electron chi connectivity index (χ3n) is 4.24. The van der Waals surface area contributed by atoms with Crippen molar-refractivity contribution in [2.75, 3.05) is 13.1 Å². The van der Waals surface area contributed by atoms with Gasteiger partial charge in [0.25, 0.3) is 0 Å². The Morgan fingerprint density at radius 2 is 1.90 bits per heavy atom. The van der Waals surface area contributed by atoms with Gasteiger partial charge in [0.1, 0.15) is 5.60 Å². The van der Waals surface area contributed by atoms with Crippen molar-refractivity contribution in [1.29, 1.82) is 0 Å². The first-order valence-corrected chi connectivity index (χ1v) is 7.73. The minimum absolute atomic E-state index is 0.0643. The number of piperidine rings is 1. The standard InChI is InChI=1S/C18H27NO2/c1-14-11-18(21-15(2)20,16-9-7-6-8-10-16)13-19(12-14)17(3,4)5/h6-10,14H,11-13H2,1-5H3/t14-,18-/m1/s1. The number of ether oxygens (including phenoxy) is 1. The van der Waals surface area contributed by atoms with Gasteiger partial charge in [-0.3, -0.25) is 9.69 Å². The minimum Gasteiger partial charge on any atom is -0.453 e. The van der Waals surface area contributed by atoms with Crippen molar-refractivity contribution in [3.05, 3.63) is 35.9 Å². The number of nitrogens with zero attached hydrogens (tertiary/aromatic N) is 1. The van der Waals surface area contributed by atoms with Crippen molar-refractivity contribution in [3.63, 3.8) is 0 Å². The summed E-state index contributed by atoms with van der Waals surface area (Å²) >= 11 is 0. The summed E-state index contributed by atoms with van der Waals surface area (Å²) in [6, 6.07) is 10.2. The Morgan fingerprint density at radius 3 is 2.43 bits per heavy atom. The number of likely N-dealkylation sites (tertiary alicyclic amines) is 1. The van der Waals surface area contributed by atoms with Crippen LogP contribution in [-0.2, 0) is 15.1 Å². The van der Waals surface area contributed by atoms with Gasteiger partial charge in [-0.15, -0.1) is 0 Å². The summed E-state index contributed by atoms with van der Waals surface area (Å²) in [6.45, 7) is 12.2. The monoisotopic (exact) mass is 289 g/mol. The van der Waals surface area contributed by atoms with Crippen molar-refractivity contribution in [3.8, 4) is 0 Å². The summed E-state index contributed by atoms with van der Waals surface area (Å²) in [5.74, 6) is 0.277. The Kier molecular flexibility index (Phi) is 4.43. The van der Waals surface area contributed by atoms with Gasteiger partial charge in [0, 0.05) is 25.6 Å². The molecule has 0 aromatic heterocycles. The quantitative estimate of drug-likeness (QED) is 0.779. The lowest BCUT2D eigenvalue weighted by Crippen LogP contribution is -2.57. The third kappa shape index (κ3) is 3.65. The number of carbonyl (C=O) groups is 1. The van der Waals surface area contributed by atoms with Gasteiger partial charge in [-0.25, -0.2) is 0 Å². The van der Waals surface area contributed by atoms with Crippen LogP contribution in [0.25, 0.3) is 0 Å². The first-order chi connectivity index (χ1) is 9.73. The third-order valence-corrected chi connectivity index (χ3v) is 4.24. The van der Waals surface area contributed by atoms with Crippen molar-refractivity contribution in [2.45, 2.75) is 52.2 Å². The molecular formula is C18H27NO2. The highest BCUT2D eigenvalue weighted by atomic mass is 16.6. The molecule has 1 aromatic rings. The molecule has 21 heavy (non-hydrogen) atoms. The van der Waals surface area contributed by atoms with E-state index in [0.29, 0.717) is 5.92 Å². The van der Waals surface area contributed by atoms with E-state index in [4.69, 9.17) is 4.74 Å². The van der Waals surface area contributed by atoms with Crippen LogP contribution in [0.1, 0.15) is 46.6 Å². The second-order valence-electron chi connectivity index (χ2n) is 7.31. The summed E-state index contributed by atoms with van der Waals surface area (Å²) in [5.41, 5.74) is 0.633. The Morgan fingerprint density at radius 1 is 1.29 bits per heavy atom. The van der Waals surface area contributed by atoms with Crippen LogP contribution in [0.3, 0.4) is 0 Å². The number of carbonyl (C=O) groups excluding carboxylic acids is 1. The van der Waals surface area contributed by atoms with E-state index < -0.39 is 5.60 Å². The average Bonchev–Trinajstić information content (AvgIpc) is 2.37. The van der Waals surface area contributed by atoms with E-state index in [9.17, 15) is 4.79 Å². The van der Waals surface area contributed by atoms with Gasteiger partial charge < -0.3 is 4.74 Å². The molecule has 1 saturated heterocycles. The molecule has 2 rings (SSSR count). The second-order valence-corrected chi connectivity index (χ2v) is 7.31. The van der Waals surface area contributed by atoms with E-state index in [1.807, 2.05) is 18.2 Å². The van der Waals surface area contributed by atoms with E-state index in [1.54, 1.807) is 0 Å². The predicted molar refractivity (Wildman–Crippen MR) is 85.0 cm³/mol. The van der Waals surface area contributed by atoms with Crippen LogP contribution in [0.5, 0.6) is 0 Å². The van der Waals surface area contributed by atoms with E-state index >= 15 is 0 Å². The van der Waals surface area contributed by atoms with Crippen LogP contribution in [0.2, 0.25) is 0 Å². The van der Waals surface area contributed by atoms with Crippen LogP contribution in [0, 0.1) is 5.92 Å². The number of hydrogen-bond donors (Lipinski definition) is 0. The van der Waals surface area contributed by atoms with Crippen LogP contribution in [0.15, 0.2) is 30.3 Å². The van der Waals surface area contributed by atoms with Crippen molar-refractivity contribution < 1.29 is 9.53 Å². The van der Waals surface area contributed by atoms with E-state index in [2.05, 4.69) is 44.7 Å². The second kappa shape index (κ2) is 5.80. The maximum Gasteiger partial charge on any atom is 0.303 e. The van der Waals surface area contributed by atoms with Crippen molar-refractivity contribution >= 4 is 5.97 Å². The van der Waals surface area contributed by atoms with Gasteiger partial charge >= 0.3 is 5.97 Å². The lowest BCUT2D eigenvalue weighted by atomic mass is 9.79. The molecule has 0 aliphatic carbocycles. The highest BCUT2D eigenvalue weighted by Crippen LogP contribution is 2.40. The van der Waals surface area contributed by atoms with E-state index in [0.717, 1.165) is 25.1 Å². The zero-order chi connectivity index (χ0) is 15.7. The lowest BCUT2D eigenvalue weighted by Gasteiger charge is -2.49. The summed E-state index contributed by atoms with van der Waals surface area (Å²) in [6.07, 6.45) is 0.878. The van der Waals surface area contributed by atoms with E-state index in [-0.39, 0.29) is 11.5 Å². The fourth-order valence-electron chi connectivity index (χ4n) is 3.31. The topological polar surface area (TPSA) is 29.5 Å². The molecule has 0 amide bonds. The molecule has 0 radical (unpaired) electrons. The van der Waals surface area contributed by atoms with Gasteiger partial charge in [0.15, 0.2) is 0 Å². The normalized spacial score (nSPS) is 27.4. The molecule has 0 saturated carbocycles. The fraction of sp³-hybridized carbons (Fsp3) is 0.611. The maximum atomic E-state index is 11.7. The van der Waals surface area contributed by atoms with Gasteiger partial charge in [0.2, 0.25) is 0 Å². The van der Waals surface area contributed by atoms with Crippen LogP contribution >= 0.6 is 0 Å². The van der Waals surface area contributed by atoms with Crippen LogP contribution in [-0.4, -0.2) is 29.5 Å². The zero-order valence-corrected chi connectivity index (χ0v) is 13.8. The summed E-state index contributed by atoms with van der Waals surface area (Å²) < 4.78 is 5.88. The highest BCUT2D eigenvalue weighted by molar-refractivity contribution is 5.67. The number of benzene rings is 1. The fourth-order valence-corrected chi connectivity index (χ4v) is 3.31. The molecular weight excluding hydrogens is 262 g/mol. The lowest BCUT2D eigenvalue weighted by molar-refractivity contribution is -0.171. The molecule has 3 nitrogen and oxygen atoms in total. The maximum absolute atomic E-state index is 11.7. The molecule has 1 aromatic carbocycles. The summed E-state index contributed by atoms with van der Waals surface area (Å²) in [5, 5.41) is 0. The molecule has 1 aliphatic rings. The van der Waals surface area contributed by atoms with Gasteiger partial charge in [-0.1, -0.05) is 37.3 Å². The average molecular weight is 289 g/mol. The summed E-state index contributed by atoms with van der Waals surface area (Å²) in [4.78, 5) is 14.1. The zero-order valence-electron chi connectivity index (χ0n) is 13.8. The number of rotatable bonds is 2. The molecule has 116 valence electrons. The van der Waals surface area contributed by atoms with Crippen LogP contribution in [0.4, 0.5) is 0 Å². The molecule has 0 unspecified atom stereocenters. The Hall–Kier alpha value is -1.35. The molecule has 0 N–H and O–H groups in total. The Bertz CT molecular complexity index is 492. The predicted octanol–water partition coefficient (Wildman–Crippen LogP) is 3.59. The SMILES string of the molecule is CC(=O)O[C@]1(c2ccccc2)C[C@@H](C)CN(C(C)(C)C)C1.